The molecule has 3 aliphatic rings. The first kappa shape index (κ1) is 36.6. The molecule has 16 nitrogen and oxygen atoms in total. The fourth-order valence-electron chi connectivity index (χ4n) is 6.21. The number of piperidine rings is 1. The maximum Gasteiger partial charge on any atom is 0.287 e. The molecule has 1 atom stereocenters. The Labute approximate surface area is 303 Å². The number of amides is 5. The van der Waals surface area contributed by atoms with Gasteiger partial charge in [0.05, 0.1) is 49.4 Å². The van der Waals surface area contributed by atoms with Gasteiger partial charge in [-0.3, -0.25) is 43.9 Å². The van der Waals surface area contributed by atoms with Gasteiger partial charge in [-0.05, 0) is 48.2 Å². The maximum atomic E-state index is 13.2. The molecule has 2 aromatic carbocycles. The fourth-order valence-corrected chi connectivity index (χ4v) is 6.43. The van der Waals surface area contributed by atoms with E-state index in [0.717, 1.165) is 36.6 Å². The van der Waals surface area contributed by atoms with E-state index in [1.807, 2.05) is 6.07 Å². The number of ether oxygens (including phenoxy) is 3. The third kappa shape index (κ3) is 8.31. The molecule has 3 N–H and O–H groups in total. The monoisotopic (exact) mass is 735 g/mol. The standard InChI is InChI=1S/C35H38ClN7O9/c1-41-35(49)31(36)25(18-38-41)39-23-6-5-21-9-11-42(19-22(21)17-23)12-14-51-16-15-50-13-10-37-29(45)20-52-27-4-2-3-24-30(27)34(48)43(33(24)47)26-7-8-28(44)40-32(26)46/h2-6,17-18,26,39H,7-16,19-20H2,1H3,(H,37,45)(H,40,44,46). The lowest BCUT2D eigenvalue weighted by atomic mass is 9.99. The predicted octanol–water partition coefficient (Wildman–Crippen LogP) is 1.17. The Bertz CT molecular complexity index is 1950. The molecule has 1 fully saturated rings. The van der Waals surface area contributed by atoms with Crippen LogP contribution >= 0.6 is 11.6 Å². The minimum atomic E-state index is -1.10. The smallest absolute Gasteiger partial charge is 0.287 e. The molecular weight excluding hydrogens is 698 g/mol. The van der Waals surface area contributed by atoms with Gasteiger partial charge in [0.15, 0.2) is 6.61 Å². The second kappa shape index (κ2) is 16.5. The van der Waals surface area contributed by atoms with Gasteiger partial charge in [0.25, 0.3) is 23.3 Å². The van der Waals surface area contributed by atoms with E-state index in [0.29, 0.717) is 25.5 Å². The van der Waals surface area contributed by atoms with E-state index in [-0.39, 0.29) is 53.5 Å². The molecule has 1 aromatic heterocycles. The second-order valence-electron chi connectivity index (χ2n) is 12.4. The number of fused-ring (bicyclic) bond motifs is 2. The summed E-state index contributed by atoms with van der Waals surface area (Å²) in [5.74, 6) is -2.94. The van der Waals surface area contributed by atoms with Crippen LogP contribution < -0.4 is 26.2 Å². The number of halogens is 1. The summed E-state index contributed by atoms with van der Waals surface area (Å²) in [6.45, 7) is 3.76. The number of benzene rings is 2. The summed E-state index contributed by atoms with van der Waals surface area (Å²) in [5, 5.41) is 12.1. The van der Waals surface area contributed by atoms with Crippen molar-refractivity contribution in [3.8, 4) is 5.75 Å². The van der Waals surface area contributed by atoms with E-state index in [1.165, 1.54) is 40.2 Å². The molecule has 0 bridgehead atoms. The van der Waals surface area contributed by atoms with Crippen molar-refractivity contribution < 1.29 is 38.2 Å². The summed E-state index contributed by atoms with van der Waals surface area (Å²) in [6.07, 6.45) is 2.49. The maximum absolute atomic E-state index is 13.2. The van der Waals surface area contributed by atoms with Gasteiger partial charge < -0.3 is 24.8 Å². The third-order valence-corrected chi connectivity index (χ3v) is 9.30. The van der Waals surface area contributed by atoms with Crippen molar-refractivity contribution in [1.82, 2.24) is 30.2 Å². The van der Waals surface area contributed by atoms with E-state index in [2.05, 4.69) is 38.1 Å². The zero-order chi connectivity index (χ0) is 36.8. The number of carbonyl (C=O) groups is 5. The molecule has 3 aromatic rings. The number of aromatic nitrogens is 2. The number of nitrogens with one attached hydrogen (secondary N) is 3. The zero-order valence-electron chi connectivity index (χ0n) is 28.4. The first-order chi connectivity index (χ1) is 25.1. The van der Waals surface area contributed by atoms with Crippen LogP contribution in [0.1, 0.15) is 44.7 Å². The van der Waals surface area contributed by atoms with Gasteiger partial charge >= 0.3 is 0 Å². The Hall–Kier alpha value is -5.16. The van der Waals surface area contributed by atoms with Crippen molar-refractivity contribution in [2.45, 2.75) is 31.8 Å². The molecule has 0 aliphatic carbocycles. The predicted molar refractivity (Wildman–Crippen MR) is 186 cm³/mol. The van der Waals surface area contributed by atoms with E-state index < -0.39 is 42.2 Å². The van der Waals surface area contributed by atoms with Gasteiger partial charge in [-0.25, -0.2) is 4.68 Å². The van der Waals surface area contributed by atoms with Crippen molar-refractivity contribution in [2.75, 3.05) is 58.0 Å². The number of hydrogen-bond donors (Lipinski definition) is 3. The van der Waals surface area contributed by atoms with Crippen LogP contribution in [0.3, 0.4) is 0 Å². The lowest BCUT2D eigenvalue weighted by Crippen LogP contribution is -2.54. The van der Waals surface area contributed by atoms with Gasteiger partial charge in [-0.1, -0.05) is 23.7 Å². The zero-order valence-corrected chi connectivity index (χ0v) is 29.2. The highest BCUT2D eigenvalue weighted by atomic mass is 35.5. The average Bonchev–Trinajstić information content (AvgIpc) is 3.39. The van der Waals surface area contributed by atoms with Crippen LogP contribution in [0.2, 0.25) is 5.02 Å². The van der Waals surface area contributed by atoms with Crippen molar-refractivity contribution in [2.24, 2.45) is 7.05 Å². The average molecular weight is 736 g/mol. The Morgan fingerprint density at radius 3 is 2.62 bits per heavy atom. The number of aryl methyl sites for hydroxylation is 1. The highest BCUT2D eigenvalue weighted by Crippen LogP contribution is 2.33. The van der Waals surface area contributed by atoms with Crippen LogP contribution in [0.5, 0.6) is 5.75 Å². The summed E-state index contributed by atoms with van der Waals surface area (Å²) in [5.41, 5.74) is 3.41. The molecule has 1 saturated heterocycles. The molecule has 52 heavy (non-hydrogen) atoms. The normalized spacial score (nSPS) is 17.1. The minimum absolute atomic E-state index is 0.0111. The van der Waals surface area contributed by atoms with Crippen LogP contribution in [0, 0.1) is 0 Å². The summed E-state index contributed by atoms with van der Waals surface area (Å²) in [6, 6.07) is 9.46. The Kier molecular flexibility index (Phi) is 11.6. The number of nitrogens with zero attached hydrogens (tertiary/aromatic N) is 4. The number of hydrogen-bond acceptors (Lipinski definition) is 12. The summed E-state index contributed by atoms with van der Waals surface area (Å²) in [7, 11) is 1.55. The van der Waals surface area contributed by atoms with Crippen LogP contribution in [0.15, 0.2) is 47.4 Å². The van der Waals surface area contributed by atoms with Crippen LogP contribution in [0.25, 0.3) is 0 Å². The lowest BCUT2D eigenvalue weighted by molar-refractivity contribution is -0.136. The van der Waals surface area contributed by atoms with E-state index >= 15 is 0 Å². The number of imide groups is 2. The van der Waals surface area contributed by atoms with Gasteiger partial charge in [0.2, 0.25) is 11.8 Å². The van der Waals surface area contributed by atoms with Gasteiger partial charge in [-0.15, -0.1) is 0 Å². The van der Waals surface area contributed by atoms with Crippen LogP contribution in [-0.4, -0.2) is 108 Å². The van der Waals surface area contributed by atoms with Crippen molar-refractivity contribution in [1.29, 1.82) is 0 Å². The largest absolute Gasteiger partial charge is 0.483 e. The topological polar surface area (TPSA) is 190 Å². The summed E-state index contributed by atoms with van der Waals surface area (Å²) < 4.78 is 18.1. The SMILES string of the molecule is Cn1ncc(Nc2ccc3c(c2)CN(CCOCCOCCNC(=O)COc2cccc4c2C(=O)N(C2CCC(=O)NC2=O)C4=O)CC3)c(Cl)c1=O. The second-order valence-corrected chi connectivity index (χ2v) is 12.8. The third-order valence-electron chi connectivity index (χ3n) is 8.94. The number of rotatable bonds is 15. The lowest BCUT2D eigenvalue weighted by Gasteiger charge is -2.29. The first-order valence-corrected chi connectivity index (χ1v) is 17.2. The number of carbonyl (C=O) groups excluding carboxylic acids is 5. The molecule has 3 aliphatic heterocycles. The van der Waals surface area contributed by atoms with Crippen LogP contribution in [-0.2, 0) is 43.9 Å². The Morgan fingerprint density at radius 2 is 1.81 bits per heavy atom. The Morgan fingerprint density at radius 1 is 1.00 bits per heavy atom. The first-order valence-electron chi connectivity index (χ1n) is 16.8. The molecule has 1 unspecified atom stereocenters. The van der Waals surface area contributed by atoms with Gasteiger partial charge in [-0.2, -0.15) is 5.10 Å². The van der Waals surface area contributed by atoms with E-state index in [9.17, 15) is 28.8 Å². The molecule has 274 valence electrons. The number of anilines is 2. The van der Waals surface area contributed by atoms with E-state index in [4.69, 9.17) is 25.8 Å². The minimum Gasteiger partial charge on any atom is -0.483 e. The van der Waals surface area contributed by atoms with Crippen LogP contribution in [0.4, 0.5) is 11.4 Å². The fraction of sp³-hybridized carbons (Fsp3) is 0.400. The highest BCUT2D eigenvalue weighted by molar-refractivity contribution is 6.33. The molecule has 0 radical (unpaired) electrons. The summed E-state index contributed by atoms with van der Waals surface area (Å²) >= 11 is 6.20. The molecular formula is C35H38ClN7O9. The molecule has 4 heterocycles. The summed E-state index contributed by atoms with van der Waals surface area (Å²) in [4.78, 5) is 77.6. The van der Waals surface area contributed by atoms with Crippen molar-refractivity contribution in [3.63, 3.8) is 0 Å². The molecule has 5 amide bonds. The highest BCUT2D eigenvalue weighted by Gasteiger charge is 2.46. The van der Waals surface area contributed by atoms with Crippen molar-refractivity contribution >= 4 is 52.5 Å². The van der Waals surface area contributed by atoms with Gasteiger partial charge in [0.1, 0.15) is 16.8 Å². The molecule has 0 spiro atoms. The molecule has 17 heteroatoms. The Balaban J connectivity index is 0.850. The van der Waals surface area contributed by atoms with Crippen molar-refractivity contribution in [3.05, 3.63) is 80.2 Å². The molecule has 0 saturated carbocycles. The van der Waals surface area contributed by atoms with Gasteiger partial charge in [0, 0.05) is 45.3 Å². The quantitative estimate of drug-likeness (QED) is 0.149. The molecule has 6 rings (SSSR count). The van der Waals surface area contributed by atoms with E-state index in [1.54, 1.807) is 7.05 Å².